The molecule has 448 valence electrons. The predicted molar refractivity (Wildman–Crippen MR) is 412 cm³/mol. The molecule has 96 heavy (non-hydrogen) atoms. The lowest BCUT2D eigenvalue weighted by molar-refractivity contribution is 1.23. The highest BCUT2D eigenvalue weighted by Gasteiger charge is 2.48. The van der Waals surface area contributed by atoms with E-state index < -0.39 is 0 Å². The van der Waals surface area contributed by atoms with Crippen molar-refractivity contribution < 1.29 is 0 Å². The second-order valence-electron chi connectivity index (χ2n) is 25.1. The summed E-state index contributed by atoms with van der Waals surface area (Å²) in [5.41, 5.74) is 26.7. The van der Waals surface area contributed by atoms with Crippen molar-refractivity contribution in [2.45, 2.75) is 0 Å². The van der Waals surface area contributed by atoms with Crippen molar-refractivity contribution in [1.29, 1.82) is 0 Å². The molecule has 4 aliphatic heterocycles. The van der Waals surface area contributed by atoms with Gasteiger partial charge in [0.15, 0.2) is 0 Å². The summed E-state index contributed by atoms with van der Waals surface area (Å²) in [7, 11) is 0. The van der Waals surface area contributed by atoms with E-state index in [0.717, 1.165) is 73.9 Å². The van der Waals surface area contributed by atoms with Gasteiger partial charge in [-0.1, -0.05) is 182 Å². The fourth-order valence-electron chi connectivity index (χ4n) is 16.0. The molecule has 0 N–H and O–H groups in total. The van der Waals surface area contributed by atoms with Gasteiger partial charge in [-0.2, -0.15) is 0 Å². The Bertz CT molecular complexity index is 5630. The Morgan fingerprint density at radius 3 is 1.02 bits per heavy atom. The number of benzene rings is 14. The van der Waals surface area contributed by atoms with E-state index in [0.29, 0.717) is 0 Å². The van der Waals surface area contributed by atoms with Gasteiger partial charge in [0, 0.05) is 120 Å². The van der Waals surface area contributed by atoms with E-state index in [9.17, 15) is 0 Å². The number of nitrogens with zero attached hydrogens (tertiary/aromatic N) is 6. The standard InChI is InChI=1S/C86H56B2N6S2/c1-9-29-57(30-10-1)89(58-31-11-2-12-32-58)65-49-76-83-77(50-65)92(62-39-19-6-20-40-62)74-53-68-69-54-75-72(56-82(69)95-81(68)55-71(74)87(83)70-46-26-27-47-73(70)91(76)61-37-17-5-18-38-61)88-84-78(93(75)63-41-21-7-22-42-63)51-66(90(59-33-13-3-14-34-59)60-35-15-4-16-36-60)52-79(84)94(64-43-23-8-24-44-64)85-67-45-25-28-48-80(67)96-86(85)88/h1-56H. The summed E-state index contributed by atoms with van der Waals surface area (Å²) in [6.45, 7) is -0.187. The van der Waals surface area contributed by atoms with Crippen LogP contribution in [0, 0.1) is 0 Å². The van der Waals surface area contributed by atoms with Crippen molar-refractivity contribution in [3.8, 4) is 0 Å². The minimum Gasteiger partial charge on any atom is -0.311 e. The summed E-state index contributed by atoms with van der Waals surface area (Å²) < 4.78 is 5.15. The van der Waals surface area contributed by atoms with Crippen LogP contribution >= 0.6 is 22.7 Å². The lowest BCUT2D eigenvalue weighted by Gasteiger charge is -2.45. The predicted octanol–water partition coefficient (Wildman–Crippen LogP) is 20.4. The van der Waals surface area contributed by atoms with Crippen molar-refractivity contribution in [3.05, 3.63) is 340 Å². The number of hydrogen-bond acceptors (Lipinski definition) is 8. The molecule has 20 rings (SSSR count). The maximum absolute atomic E-state index is 2.59. The van der Waals surface area contributed by atoms with Crippen LogP contribution in [0.4, 0.5) is 102 Å². The normalized spacial score (nSPS) is 13.1. The third-order valence-electron chi connectivity index (χ3n) is 19.9. The summed E-state index contributed by atoms with van der Waals surface area (Å²) >= 11 is 3.88. The topological polar surface area (TPSA) is 19.4 Å². The van der Waals surface area contributed by atoms with Gasteiger partial charge in [0.05, 0.1) is 17.1 Å². The molecule has 0 atom stereocenters. The van der Waals surface area contributed by atoms with Gasteiger partial charge in [0.1, 0.15) is 0 Å². The van der Waals surface area contributed by atoms with E-state index in [1.165, 1.54) is 90.8 Å². The lowest BCUT2D eigenvalue weighted by atomic mass is 9.33. The van der Waals surface area contributed by atoms with Crippen molar-refractivity contribution in [2.75, 3.05) is 29.4 Å². The Balaban J connectivity index is 0.872. The van der Waals surface area contributed by atoms with Crippen molar-refractivity contribution in [2.24, 2.45) is 0 Å². The van der Waals surface area contributed by atoms with Gasteiger partial charge in [-0.25, -0.2) is 0 Å². The minimum atomic E-state index is -0.0944. The lowest BCUT2D eigenvalue weighted by Crippen LogP contribution is -2.61. The monoisotopic (exact) mass is 1260 g/mol. The first-order chi connectivity index (χ1) is 47.7. The van der Waals surface area contributed by atoms with Crippen LogP contribution in [0.2, 0.25) is 0 Å². The zero-order chi connectivity index (χ0) is 63.0. The van der Waals surface area contributed by atoms with Crippen LogP contribution in [-0.4, -0.2) is 13.4 Å². The highest BCUT2D eigenvalue weighted by molar-refractivity contribution is 7.34. The quantitative estimate of drug-likeness (QED) is 0.126. The van der Waals surface area contributed by atoms with Crippen LogP contribution in [0.25, 0.3) is 30.3 Å². The van der Waals surface area contributed by atoms with Crippen LogP contribution in [0.3, 0.4) is 0 Å². The second kappa shape index (κ2) is 21.9. The maximum atomic E-state index is 2.59. The van der Waals surface area contributed by atoms with Gasteiger partial charge in [-0.15, -0.1) is 22.7 Å². The SMILES string of the molecule is c1ccc(N(c2ccccc2)c2cc3c4c(c2)N(c2ccccc2)c2cc5c(cc2B4c2ccccc2N3c2ccccc2)sc2cc3c(cc25)N(c2ccccc2)c2cc(N(c4ccccc4)c4ccccc4)cc4c2B3c2sc3ccccc3c2N4c2ccccc2)cc1. The van der Waals surface area contributed by atoms with Crippen LogP contribution in [0.5, 0.6) is 0 Å². The van der Waals surface area contributed by atoms with E-state index in [1.54, 1.807) is 0 Å². The third kappa shape index (κ3) is 8.39. The first-order valence-corrected chi connectivity index (χ1v) is 34.5. The highest BCUT2D eigenvalue weighted by atomic mass is 32.1. The average molecular weight is 1260 g/mol. The Kier molecular flexibility index (Phi) is 12.5. The summed E-state index contributed by atoms with van der Waals surface area (Å²) in [5, 5.41) is 3.72. The van der Waals surface area contributed by atoms with Gasteiger partial charge < -0.3 is 29.4 Å². The summed E-state index contributed by atoms with van der Waals surface area (Å²) in [6.07, 6.45) is 0. The second-order valence-corrected chi connectivity index (χ2v) is 27.3. The zero-order valence-corrected chi connectivity index (χ0v) is 53.6. The van der Waals surface area contributed by atoms with Gasteiger partial charge >= 0.3 is 0 Å². The molecule has 0 spiro atoms. The Morgan fingerprint density at radius 2 is 0.573 bits per heavy atom. The number of fused-ring (bicyclic) bond motifs is 13. The average Bonchev–Trinajstić information content (AvgIpc) is 1.20. The molecule has 16 aromatic rings. The molecule has 0 saturated heterocycles. The first-order valence-electron chi connectivity index (χ1n) is 32.9. The number of thiophene rings is 2. The van der Waals surface area contributed by atoms with E-state index in [-0.39, 0.29) is 13.4 Å². The first kappa shape index (κ1) is 54.7. The van der Waals surface area contributed by atoms with E-state index in [1.807, 2.05) is 22.7 Å². The van der Waals surface area contributed by atoms with Gasteiger partial charge in [-0.3, -0.25) is 0 Å². The van der Waals surface area contributed by atoms with E-state index in [2.05, 4.69) is 369 Å². The number of hydrogen-bond donors (Lipinski definition) is 0. The molecule has 14 aromatic carbocycles. The Morgan fingerprint density at radius 1 is 0.229 bits per heavy atom. The number of rotatable bonds is 10. The van der Waals surface area contributed by atoms with Gasteiger partial charge in [0.25, 0.3) is 13.4 Å². The molecular formula is C86H56B2N6S2. The molecule has 4 aliphatic rings. The largest absolute Gasteiger partial charge is 0.311 e. The van der Waals surface area contributed by atoms with E-state index in [4.69, 9.17) is 0 Å². The number of para-hydroxylation sites is 9. The highest BCUT2D eigenvalue weighted by Crippen LogP contribution is 2.54. The molecule has 6 heterocycles. The van der Waals surface area contributed by atoms with Gasteiger partial charge in [-0.05, 0) is 185 Å². The maximum Gasteiger partial charge on any atom is 0.264 e. The van der Waals surface area contributed by atoms with Crippen LogP contribution in [0.1, 0.15) is 0 Å². The Labute approximate surface area is 566 Å². The summed E-state index contributed by atoms with van der Waals surface area (Å²) in [5.74, 6) is 0. The van der Waals surface area contributed by atoms with Crippen molar-refractivity contribution in [3.63, 3.8) is 0 Å². The molecule has 0 fully saturated rings. The molecule has 6 nitrogen and oxygen atoms in total. The molecule has 0 bridgehead atoms. The smallest absolute Gasteiger partial charge is 0.264 e. The molecule has 0 aliphatic carbocycles. The molecule has 0 unspecified atom stereocenters. The summed E-state index contributed by atoms with van der Waals surface area (Å²) in [4.78, 5) is 15.1. The third-order valence-corrected chi connectivity index (χ3v) is 22.2. The van der Waals surface area contributed by atoms with Crippen LogP contribution in [0.15, 0.2) is 340 Å². The zero-order valence-electron chi connectivity index (χ0n) is 52.0. The molecule has 0 saturated carbocycles. The molecule has 10 heteroatoms. The molecule has 2 aromatic heterocycles. The van der Waals surface area contributed by atoms with E-state index >= 15 is 0 Å². The van der Waals surface area contributed by atoms with Crippen molar-refractivity contribution in [1.82, 2.24) is 0 Å². The van der Waals surface area contributed by atoms with Crippen LogP contribution < -0.4 is 61.5 Å². The fourth-order valence-corrected chi connectivity index (χ4v) is 18.5. The van der Waals surface area contributed by atoms with Gasteiger partial charge in [0.2, 0.25) is 0 Å². The van der Waals surface area contributed by atoms with Crippen LogP contribution in [-0.2, 0) is 0 Å². The Hall–Kier alpha value is -11.8. The summed E-state index contributed by atoms with van der Waals surface area (Å²) in [6, 6.07) is 126. The molecule has 0 radical (unpaired) electrons. The fraction of sp³-hybridized carbons (Fsp3) is 0. The minimum absolute atomic E-state index is 0.0931. The van der Waals surface area contributed by atoms with Crippen molar-refractivity contribution >= 4 is 201 Å². The molecular weight excluding hydrogens is 1200 g/mol. The number of anilines is 18. The molecule has 0 amide bonds.